The van der Waals surface area contributed by atoms with E-state index < -0.39 is 5.97 Å². The van der Waals surface area contributed by atoms with Gasteiger partial charge in [0.05, 0.1) is 26.6 Å². The Hall–Kier alpha value is -0.570. The number of quaternary nitrogens is 1. The summed E-state index contributed by atoms with van der Waals surface area (Å²) in [7, 11) is 2.05. The molecule has 0 saturated heterocycles. The molecule has 2 N–H and O–H groups in total. The molecule has 0 rings (SSSR count). The van der Waals surface area contributed by atoms with Crippen LogP contribution in [0.3, 0.4) is 0 Å². The van der Waals surface area contributed by atoms with Crippen molar-refractivity contribution in [2.45, 2.75) is 32.6 Å². The highest BCUT2D eigenvalue weighted by atomic mass is 16.4. The van der Waals surface area contributed by atoms with E-state index in [1.54, 1.807) is 0 Å². The second kappa shape index (κ2) is 7.10. The van der Waals surface area contributed by atoms with Crippen molar-refractivity contribution in [2.75, 3.05) is 20.1 Å². The third-order valence-corrected chi connectivity index (χ3v) is 1.97. The zero-order valence-corrected chi connectivity index (χ0v) is 8.10. The van der Waals surface area contributed by atoms with Gasteiger partial charge in [-0.2, -0.15) is 0 Å². The summed E-state index contributed by atoms with van der Waals surface area (Å²) in [5.74, 6) is -0.690. The first-order chi connectivity index (χ1) is 5.66. The summed E-state index contributed by atoms with van der Waals surface area (Å²) in [5.41, 5.74) is 0. The van der Waals surface area contributed by atoms with Crippen LogP contribution in [0, 0.1) is 0 Å². The number of hydrogen-bond acceptors (Lipinski definition) is 1. The average molecular weight is 174 g/mol. The molecule has 3 nitrogen and oxygen atoms in total. The van der Waals surface area contributed by atoms with Gasteiger partial charge in [0, 0.05) is 0 Å². The molecule has 12 heavy (non-hydrogen) atoms. The van der Waals surface area contributed by atoms with Gasteiger partial charge in [-0.05, 0) is 12.8 Å². The molecule has 3 heteroatoms. The molecule has 0 aliphatic carbocycles. The lowest BCUT2D eigenvalue weighted by atomic mass is 10.2. The lowest BCUT2D eigenvalue weighted by Crippen LogP contribution is -3.09. The summed E-state index contributed by atoms with van der Waals surface area (Å²) in [6, 6.07) is 0. The van der Waals surface area contributed by atoms with Crippen LogP contribution in [0.1, 0.15) is 32.6 Å². The first-order valence-corrected chi connectivity index (χ1v) is 4.70. The molecule has 0 spiro atoms. The molecular weight excluding hydrogens is 154 g/mol. The number of carbonyl (C=O) groups is 1. The van der Waals surface area contributed by atoms with Gasteiger partial charge in [-0.25, -0.2) is 0 Å². The minimum Gasteiger partial charge on any atom is -0.481 e. The van der Waals surface area contributed by atoms with Gasteiger partial charge in [-0.15, -0.1) is 0 Å². The van der Waals surface area contributed by atoms with Crippen LogP contribution in [-0.4, -0.2) is 31.2 Å². The number of hydrogen-bond donors (Lipinski definition) is 2. The molecule has 0 aliphatic rings. The molecule has 1 unspecified atom stereocenters. The van der Waals surface area contributed by atoms with E-state index in [4.69, 9.17) is 5.11 Å². The van der Waals surface area contributed by atoms with E-state index in [1.165, 1.54) is 24.2 Å². The SMILES string of the molecule is CCCCC[NH+](C)CCC(=O)O. The smallest absolute Gasteiger partial charge is 0.309 e. The van der Waals surface area contributed by atoms with Crippen LogP contribution in [0.25, 0.3) is 0 Å². The Morgan fingerprint density at radius 1 is 1.33 bits per heavy atom. The highest BCUT2D eigenvalue weighted by Gasteiger charge is 2.04. The van der Waals surface area contributed by atoms with E-state index >= 15 is 0 Å². The van der Waals surface area contributed by atoms with E-state index in [2.05, 4.69) is 14.0 Å². The fraction of sp³-hybridized carbons (Fsp3) is 0.889. The fourth-order valence-corrected chi connectivity index (χ4v) is 1.12. The van der Waals surface area contributed by atoms with Gasteiger partial charge < -0.3 is 10.0 Å². The van der Waals surface area contributed by atoms with Crippen molar-refractivity contribution in [3.63, 3.8) is 0 Å². The first-order valence-electron chi connectivity index (χ1n) is 4.70. The maximum absolute atomic E-state index is 10.2. The average Bonchev–Trinajstić information content (AvgIpc) is 2.01. The van der Waals surface area contributed by atoms with E-state index in [0.717, 1.165) is 13.1 Å². The van der Waals surface area contributed by atoms with Gasteiger partial charge in [-0.3, -0.25) is 4.79 Å². The van der Waals surface area contributed by atoms with Crippen LogP contribution in [0.4, 0.5) is 0 Å². The first kappa shape index (κ1) is 11.4. The van der Waals surface area contributed by atoms with E-state index in [-0.39, 0.29) is 6.42 Å². The van der Waals surface area contributed by atoms with Crippen LogP contribution in [0.2, 0.25) is 0 Å². The van der Waals surface area contributed by atoms with Crippen LogP contribution < -0.4 is 4.90 Å². The van der Waals surface area contributed by atoms with Gasteiger partial charge in [0.1, 0.15) is 0 Å². The summed E-state index contributed by atoms with van der Waals surface area (Å²) in [4.78, 5) is 11.5. The molecule has 0 aliphatic heterocycles. The second-order valence-electron chi connectivity index (χ2n) is 3.31. The largest absolute Gasteiger partial charge is 0.481 e. The third-order valence-electron chi connectivity index (χ3n) is 1.97. The van der Waals surface area contributed by atoms with Crippen molar-refractivity contribution < 1.29 is 14.8 Å². The van der Waals surface area contributed by atoms with Gasteiger partial charge in [0.25, 0.3) is 0 Å². The molecule has 0 fully saturated rings. The zero-order valence-electron chi connectivity index (χ0n) is 8.10. The molecule has 0 aromatic heterocycles. The van der Waals surface area contributed by atoms with Gasteiger partial charge in [-0.1, -0.05) is 13.3 Å². The summed E-state index contributed by atoms with van der Waals surface area (Å²) in [6.07, 6.45) is 3.98. The van der Waals surface area contributed by atoms with E-state index in [0.29, 0.717) is 0 Å². The zero-order chi connectivity index (χ0) is 9.40. The van der Waals surface area contributed by atoms with Crippen molar-refractivity contribution >= 4 is 5.97 Å². The number of carboxylic acids is 1. The summed E-state index contributed by atoms with van der Waals surface area (Å²) < 4.78 is 0. The highest BCUT2D eigenvalue weighted by Crippen LogP contribution is 1.89. The van der Waals surface area contributed by atoms with Crippen molar-refractivity contribution in [1.29, 1.82) is 0 Å². The summed E-state index contributed by atoms with van der Waals surface area (Å²) in [5, 5.41) is 8.42. The molecule has 0 saturated carbocycles. The van der Waals surface area contributed by atoms with Crippen molar-refractivity contribution in [2.24, 2.45) is 0 Å². The minimum absolute atomic E-state index is 0.290. The predicted octanol–water partition coefficient (Wildman–Crippen LogP) is 0.166. The lowest BCUT2D eigenvalue weighted by molar-refractivity contribution is -0.879. The molecule has 0 bridgehead atoms. The normalized spacial score (nSPS) is 12.8. The monoisotopic (exact) mass is 174 g/mol. The van der Waals surface area contributed by atoms with Crippen LogP contribution in [0.15, 0.2) is 0 Å². The molecule has 1 atom stereocenters. The molecule has 0 aromatic carbocycles. The van der Waals surface area contributed by atoms with Crippen molar-refractivity contribution in [3.8, 4) is 0 Å². The maximum Gasteiger partial charge on any atom is 0.309 e. The Kier molecular flexibility index (Phi) is 6.76. The molecule has 0 aromatic rings. The molecule has 72 valence electrons. The topological polar surface area (TPSA) is 41.7 Å². The number of rotatable bonds is 7. The number of aliphatic carboxylic acids is 1. The van der Waals surface area contributed by atoms with Crippen molar-refractivity contribution in [1.82, 2.24) is 0 Å². The summed E-state index contributed by atoms with van der Waals surface area (Å²) >= 11 is 0. The quantitative estimate of drug-likeness (QED) is 0.540. The van der Waals surface area contributed by atoms with Gasteiger partial charge >= 0.3 is 5.97 Å². The Bertz CT molecular complexity index is 126. The molecule has 0 radical (unpaired) electrons. The second-order valence-corrected chi connectivity index (χ2v) is 3.31. The Morgan fingerprint density at radius 2 is 2.00 bits per heavy atom. The number of nitrogens with one attached hydrogen (secondary N) is 1. The van der Waals surface area contributed by atoms with Crippen LogP contribution in [-0.2, 0) is 4.79 Å². The number of unbranched alkanes of at least 4 members (excludes halogenated alkanes) is 2. The molecule has 0 heterocycles. The maximum atomic E-state index is 10.2. The van der Waals surface area contributed by atoms with E-state index in [9.17, 15) is 4.79 Å². The minimum atomic E-state index is -0.690. The number of carboxylic acid groups (broad SMARTS) is 1. The van der Waals surface area contributed by atoms with E-state index in [1.807, 2.05) is 0 Å². The van der Waals surface area contributed by atoms with Gasteiger partial charge in [0.2, 0.25) is 0 Å². The van der Waals surface area contributed by atoms with Crippen LogP contribution in [0.5, 0.6) is 0 Å². The Morgan fingerprint density at radius 3 is 2.50 bits per heavy atom. The standard InChI is InChI=1S/C9H19NO2/c1-3-4-5-7-10(2)8-6-9(11)12/h3-8H2,1-2H3,(H,11,12)/p+1. The van der Waals surface area contributed by atoms with Crippen LogP contribution >= 0.6 is 0 Å². The fourth-order valence-electron chi connectivity index (χ4n) is 1.12. The third kappa shape index (κ3) is 7.54. The molecular formula is C9H20NO2+. The predicted molar refractivity (Wildman–Crippen MR) is 48.4 cm³/mol. The Labute approximate surface area is 74.4 Å². The highest BCUT2D eigenvalue weighted by molar-refractivity contribution is 5.66. The summed E-state index contributed by atoms with van der Waals surface area (Å²) in [6.45, 7) is 4.02. The lowest BCUT2D eigenvalue weighted by Gasteiger charge is -2.11. The molecule has 0 amide bonds. The van der Waals surface area contributed by atoms with Crippen molar-refractivity contribution in [3.05, 3.63) is 0 Å². The van der Waals surface area contributed by atoms with Gasteiger partial charge in [0.15, 0.2) is 0 Å². The Balaban J connectivity index is 3.21.